The van der Waals surface area contributed by atoms with Gasteiger partial charge < -0.3 is 25.2 Å². The van der Waals surface area contributed by atoms with Gasteiger partial charge in [-0.05, 0) is 29.7 Å². The monoisotopic (exact) mass is 498 g/mol. The number of halogens is 1. The highest BCUT2D eigenvalue weighted by Gasteiger charge is 2.34. The largest absolute Gasteiger partial charge is 0.493 e. The van der Waals surface area contributed by atoms with Crippen molar-refractivity contribution in [3.8, 4) is 11.5 Å². The first kappa shape index (κ1) is 28.2. The second-order valence-electron chi connectivity index (χ2n) is 8.65. The van der Waals surface area contributed by atoms with Crippen molar-refractivity contribution < 1.29 is 19.4 Å². The Morgan fingerprint density at radius 2 is 1.43 bits per heavy atom. The van der Waals surface area contributed by atoms with Crippen LogP contribution in [0.4, 0.5) is 0 Å². The number of aliphatic hydroxyl groups is 1. The lowest BCUT2D eigenvalue weighted by Crippen LogP contribution is -2.47. The number of amides is 1. The van der Waals surface area contributed by atoms with Crippen molar-refractivity contribution in [2.24, 2.45) is 11.7 Å². The van der Waals surface area contributed by atoms with E-state index < -0.39 is 11.5 Å². The summed E-state index contributed by atoms with van der Waals surface area (Å²) in [6.07, 6.45) is 0.165. The van der Waals surface area contributed by atoms with Crippen molar-refractivity contribution in [2.75, 3.05) is 27.3 Å². The summed E-state index contributed by atoms with van der Waals surface area (Å²) in [4.78, 5) is 15.3. The van der Waals surface area contributed by atoms with Crippen LogP contribution >= 0.6 is 12.4 Å². The number of carbonyl (C=O) groups excluding carboxylic acids is 1. The maximum Gasteiger partial charge on any atom is 0.226 e. The van der Waals surface area contributed by atoms with Crippen molar-refractivity contribution in [3.63, 3.8) is 0 Å². The first-order valence-corrected chi connectivity index (χ1v) is 11.4. The molecular formula is C28H35ClN2O4. The molecule has 0 aliphatic heterocycles. The Balaban J connectivity index is 0.00000432. The van der Waals surface area contributed by atoms with Gasteiger partial charge in [-0.3, -0.25) is 4.79 Å². The van der Waals surface area contributed by atoms with E-state index in [0.29, 0.717) is 11.5 Å². The van der Waals surface area contributed by atoms with Crippen LogP contribution in [0.15, 0.2) is 84.9 Å². The highest BCUT2D eigenvalue weighted by Crippen LogP contribution is 2.31. The Hall–Kier alpha value is -3.06. The highest BCUT2D eigenvalue weighted by atomic mass is 35.5. The second-order valence-corrected chi connectivity index (χ2v) is 8.65. The Bertz CT molecular complexity index is 1010. The Labute approximate surface area is 214 Å². The van der Waals surface area contributed by atoms with E-state index in [4.69, 9.17) is 15.2 Å². The molecule has 188 valence electrons. The van der Waals surface area contributed by atoms with Crippen molar-refractivity contribution in [1.82, 2.24) is 4.90 Å². The molecule has 3 aromatic rings. The minimum atomic E-state index is -1.37. The zero-order valence-electron chi connectivity index (χ0n) is 20.5. The molecule has 3 rings (SSSR count). The van der Waals surface area contributed by atoms with Crippen LogP contribution in [0.1, 0.15) is 30.5 Å². The van der Waals surface area contributed by atoms with Gasteiger partial charge in [0.1, 0.15) is 12.2 Å². The van der Waals surface area contributed by atoms with Crippen LogP contribution in [0.5, 0.6) is 11.5 Å². The fraction of sp³-hybridized carbons (Fsp3) is 0.321. The summed E-state index contributed by atoms with van der Waals surface area (Å²) >= 11 is 0. The van der Waals surface area contributed by atoms with Crippen LogP contribution < -0.4 is 15.2 Å². The molecule has 0 heterocycles. The zero-order chi connectivity index (χ0) is 24.6. The average molecular weight is 499 g/mol. The Kier molecular flexibility index (Phi) is 10.6. The quantitative estimate of drug-likeness (QED) is 0.407. The zero-order valence-corrected chi connectivity index (χ0v) is 21.3. The minimum absolute atomic E-state index is 0. The number of nitrogens with zero attached hydrogens (tertiary/aromatic N) is 1. The molecule has 0 bridgehead atoms. The molecule has 0 aliphatic carbocycles. The molecule has 0 fully saturated rings. The van der Waals surface area contributed by atoms with Gasteiger partial charge >= 0.3 is 0 Å². The summed E-state index contributed by atoms with van der Waals surface area (Å²) < 4.78 is 11.1. The molecule has 3 aromatic carbocycles. The van der Waals surface area contributed by atoms with Crippen LogP contribution in [-0.4, -0.2) is 48.8 Å². The molecule has 0 saturated heterocycles. The van der Waals surface area contributed by atoms with Gasteiger partial charge in [-0.25, -0.2) is 0 Å². The van der Waals surface area contributed by atoms with E-state index in [0.717, 1.165) is 11.1 Å². The molecule has 3 N–H and O–H groups in total. The standard InChI is InChI=1S/C28H34N2O4.ClH/c1-21(18-28(32,19-29)20-34-25-17-11-10-16-24(25)33-3)27(31)30(2)26(22-12-6-4-7-13-22)23-14-8-5-9-15-23;/h4-17,21,26,32H,18-20,29H2,1-3H3;1H. The number of hydrogen-bond acceptors (Lipinski definition) is 5. The maximum atomic E-state index is 13.5. The highest BCUT2D eigenvalue weighted by molar-refractivity contribution is 5.85. The molecule has 0 radical (unpaired) electrons. The van der Waals surface area contributed by atoms with Gasteiger partial charge in [0, 0.05) is 19.5 Å². The molecule has 35 heavy (non-hydrogen) atoms. The number of hydrogen-bond donors (Lipinski definition) is 2. The van der Waals surface area contributed by atoms with E-state index >= 15 is 0 Å². The van der Waals surface area contributed by atoms with E-state index in [1.54, 1.807) is 31.2 Å². The molecule has 0 spiro atoms. The summed E-state index contributed by atoms with van der Waals surface area (Å²) in [5.41, 5.74) is 6.59. The predicted octanol–water partition coefficient (Wildman–Crippen LogP) is 4.46. The number of ether oxygens (including phenoxy) is 2. The fourth-order valence-corrected chi connectivity index (χ4v) is 4.19. The van der Waals surface area contributed by atoms with Crippen LogP contribution in [-0.2, 0) is 4.79 Å². The van der Waals surface area contributed by atoms with Crippen LogP contribution in [0.3, 0.4) is 0 Å². The first-order chi connectivity index (χ1) is 16.4. The van der Waals surface area contributed by atoms with E-state index in [-0.39, 0.29) is 43.9 Å². The topological polar surface area (TPSA) is 85.0 Å². The van der Waals surface area contributed by atoms with Crippen LogP contribution in [0, 0.1) is 5.92 Å². The minimum Gasteiger partial charge on any atom is -0.493 e. The Morgan fingerprint density at radius 3 is 1.91 bits per heavy atom. The SMILES string of the molecule is COc1ccccc1OCC(O)(CN)CC(C)C(=O)N(C)C(c1ccccc1)c1ccccc1.Cl. The van der Waals surface area contributed by atoms with E-state index in [1.165, 1.54) is 0 Å². The van der Waals surface area contributed by atoms with Gasteiger partial charge in [-0.15, -0.1) is 12.4 Å². The molecule has 7 heteroatoms. The molecule has 2 atom stereocenters. The number of carbonyl (C=O) groups is 1. The molecular weight excluding hydrogens is 464 g/mol. The van der Waals surface area contributed by atoms with Crippen molar-refractivity contribution >= 4 is 18.3 Å². The summed E-state index contributed by atoms with van der Waals surface area (Å²) in [7, 11) is 3.36. The summed E-state index contributed by atoms with van der Waals surface area (Å²) in [6, 6.07) is 26.8. The van der Waals surface area contributed by atoms with Gasteiger partial charge in [0.25, 0.3) is 0 Å². The van der Waals surface area contributed by atoms with Crippen LogP contribution in [0.2, 0.25) is 0 Å². The third-order valence-electron chi connectivity index (χ3n) is 6.02. The molecule has 0 aromatic heterocycles. The summed E-state index contributed by atoms with van der Waals surface area (Å²) in [5.74, 6) is 0.525. The number of para-hydroxylation sites is 2. The van der Waals surface area contributed by atoms with E-state index in [9.17, 15) is 9.90 Å². The van der Waals surface area contributed by atoms with Gasteiger partial charge in [-0.2, -0.15) is 0 Å². The second kappa shape index (κ2) is 13.1. The normalized spacial score (nSPS) is 13.3. The predicted molar refractivity (Wildman–Crippen MR) is 141 cm³/mol. The lowest BCUT2D eigenvalue weighted by molar-refractivity contribution is -0.138. The molecule has 2 unspecified atom stereocenters. The van der Waals surface area contributed by atoms with Gasteiger partial charge in [-0.1, -0.05) is 79.7 Å². The lowest BCUT2D eigenvalue weighted by Gasteiger charge is -2.34. The van der Waals surface area contributed by atoms with Crippen molar-refractivity contribution in [3.05, 3.63) is 96.1 Å². The fourth-order valence-electron chi connectivity index (χ4n) is 4.19. The van der Waals surface area contributed by atoms with E-state index in [1.807, 2.05) is 79.7 Å². The third-order valence-corrected chi connectivity index (χ3v) is 6.02. The summed E-state index contributed by atoms with van der Waals surface area (Å²) in [6.45, 7) is 1.73. The maximum absolute atomic E-state index is 13.5. The first-order valence-electron chi connectivity index (χ1n) is 11.4. The number of rotatable bonds is 11. The molecule has 0 saturated carbocycles. The number of nitrogens with two attached hydrogens (primary N) is 1. The number of benzene rings is 3. The molecule has 0 aliphatic rings. The smallest absolute Gasteiger partial charge is 0.226 e. The average Bonchev–Trinajstić information content (AvgIpc) is 2.88. The molecule has 6 nitrogen and oxygen atoms in total. The van der Waals surface area contributed by atoms with Crippen molar-refractivity contribution in [2.45, 2.75) is 25.0 Å². The van der Waals surface area contributed by atoms with Crippen molar-refractivity contribution in [1.29, 1.82) is 0 Å². The van der Waals surface area contributed by atoms with E-state index in [2.05, 4.69) is 0 Å². The van der Waals surface area contributed by atoms with Gasteiger partial charge in [0.15, 0.2) is 11.5 Å². The summed E-state index contributed by atoms with van der Waals surface area (Å²) in [5, 5.41) is 11.2. The van der Waals surface area contributed by atoms with Crippen LogP contribution in [0.25, 0.3) is 0 Å². The Morgan fingerprint density at radius 1 is 0.943 bits per heavy atom. The number of methoxy groups -OCH3 is 1. The van der Waals surface area contributed by atoms with Gasteiger partial charge in [0.2, 0.25) is 5.91 Å². The molecule has 1 amide bonds. The van der Waals surface area contributed by atoms with Gasteiger partial charge in [0.05, 0.1) is 13.2 Å². The third kappa shape index (κ3) is 7.21. The lowest BCUT2D eigenvalue weighted by atomic mass is 9.90.